The maximum Gasteiger partial charge on any atom is 0.328 e. The van der Waals surface area contributed by atoms with Crippen molar-refractivity contribution in [3.05, 3.63) is 52.8 Å². The molecule has 1 amide bonds. The van der Waals surface area contributed by atoms with Gasteiger partial charge in [0.05, 0.1) is 12.9 Å². The van der Waals surface area contributed by atoms with Crippen molar-refractivity contribution in [3.8, 4) is 0 Å². The van der Waals surface area contributed by atoms with Gasteiger partial charge in [0.1, 0.15) is 22.2 Å². The number of carbonyl (C=O) groups excluding carboxylic acids is 2. The van der Waals surface area contributed by atoms with Crippen LogP contribution in [0.5, 0.6) is 0 Å². The molecule has 0 unspecified atom stereocenters. The topological polar surface area (TPSA) is 97.0 Å². The van der Waals surface area contributed by atoms with E-state index in [1.807, 2.05) is 37.4 Å². The van der Waals surface area contributed by atoms with Crippen molar-refractivity contribution in [2.24, 2.45) is 0 Å². The van der Waals surface area contributed by atoms with Crippen LogP contribution in [0.4, 0.5) is 0 Å². The van der Waals surface area contributed by atoms with Gasteiger partial charge in [0, 0.05) is 33.8 Å². The second-order valence-corrected chi connectivity index (χ2v) is 9.31. The number of amides is 1. The van der Waals surface area contributed by atoms with Gasteiger partial charge in [-0.05, 0) is 31.0 Å². The van der Waals surface area contributed by atoms with Crippen LogP contribution in [0.25, 0.3) is 21.1 Å². The number of hydrogen-bond acceptors (Lipinski definition) is 7. The summed E-state index contributed by atoms with van der Waals surface area (Å²) in [4.78, 5) is 39.0. The maximum atomic E-state index is 12.7. The Hall–Kier alpha value is -2.91. The molecule has 3 aromatic heterocycles. The van der Waals surface area contributed by atoms with Crippen molar-refractivity contribution >= 4 is 56.1 Å². The number of aromatic nitrogens is 3. The van der Waals surface area contributed by atoms with Crippen LogP contribution < -0.4 is 5.32 Å². The molecule has 0 saturated heterocycles. The lowest BCUT2D eigenvalue weighted by Crippen LogP contribution is -2.43. The fourth-order valence-electron chi connectivity index (χ4n) is 3.49. The Morgan fingerprint density at radius 3 is 2.87 bits per heavy atom. The highest BCUT2D eigenvalue weighted by Crippen LogP contribution is 2.34. The number of nitrogens with one attached hydrogen (secondary N) is 2. The number of thioether (sulfide) groups is 1. The Kier molecular flexibility index (Phi) is 6.24. The number of thiophene rings is 1. The van der Waals surface area contributed by atoms with Gasteiger partial charge in [-0.25, -0.2) is 14.8 Å². The van der Waals surface area contributed by atoms with E-state index in [1.54, 1.807) is 11.3 Å². The largest absolute Gasteiger partial charge is 0.467 e. The molecular weight excluding hydrogens is 432 g/mol. The van der Waals surface area contributed by atoms with Crippen molar-refractivity contribution in [1.29, 1.82) is 0 Å². The molecule has 0 saturated carbocycles. The standard InChI is InChI=1S/C22H22N4O3S2/c1-12-13(2)31-21-19(12)20(24-11-25-21)30-10-18(27)26-17(22(28)29-3)8-14-9-23-16-7-5-4-6-15(14)16/h4-7,9,11,17,23H,8,10H2,1-3H3,(H,26,27)/t17-/m0/s1. The highest BCUT2D eigenvalue weighted by Gasteiger charge is 2.24. The first-order valence-corrected chi connectivity index (χ1v) is 11.5. The summed E-state index contributed by atoms with van der Waals surface area (Å²) in [7, 11) is 1.32. The van der Waals surface area contributed by atoms with Crippen LogP contribution in [0, 0.1) is 13.8 Å². The molecule has 0 bridgehead atoms. The van der Waals surface area contributed by atoms with Crippen LogP contribution in [-0.4, -0.2) is 45.7 Å². The molecular formula is C22H22N4O3S2. The molecule has 0 radical (unpaired) electrons. The van der Waals surface area contributed by atoms with Crippen molar-refractivity contribution in [2.75, 3.05) is 12.9 Å². The third-order valence-corrected chi connectivity index (χ3v) is 7.30. The summed E-state index contributed by atoms with van der Waals surface area (Å²) in [6.45, 7) is 4.09. The summed E-state index contributed by atoms with van der Waals surface area (Å²) < 4.78 is 4.92. The molecule has 2 N–H and O–H groups in total. The summed E-state index contributed by atoms with van der Waals surface area (Å²) in [5, 5.41) is 5.60. The van der Waals surface area contributed by atoms with Crippen molar-refractivity contribution in [3.63, 3.8) is 0 Å². The summed E-state index contributed by atoms with van der Waals surface area (Å²) in [5.41, 5.74) is 3.06. The number of hydrogen-bond donors (Lipinski definition) is 2. The van der Waals surface area contributed by atoms with E-state index in [2.05, 4.69) is 27.2 Å². The maximum absolute atomic E-state index is 12.7. The minimum absolute atomic E-state index is 0.141. The first-order valence-electron chi connectivity index (χ1n) is 9.73. The number of aromatic amines is 1. The number of fused-ring (bicyclic) bond motifs is 2. The smallest absolute Gasteiger partial charge is 0.328 e. The number of methoxy groups -OCH3 is 1. The Labute approximate surface area is 187 Å². The minimum atomic E-state index is -0.771. The average molecular weight is 455 g/mol. The molecule has 4 rings (SSSR count). The number of esters is 1. The van der Waals surface area contributed by atoms with Crippen LogP contribution in [0.1, 0.15) is 16.0 Å². The lowest BCUT2D eigenvalue weighted by Gasteiger charge is -2.16. The van der Waals surface area contributed by atoms with E-state index in [0.717, 1.165) is 37.3 Å². The fourth-order valence-corrected chi connectivity index (χ4v) is 5.41. The predicted octanol–water partition coefficient (Wildman–Crippen LogP) is 3.78. The fraction of sp³-hybridized carbons (Fsp3) is 0.273. The lowest BCUT2D eigenvalue weighted by atomic mass is 10.0. The zero-order chi connectivity index (χ0) is 22.0. The van der Waals surface area contributed by atoms with E-state index in [-0.39, 0.29) is 11.7 Å². The van der Waals surface area contributed by atoms with Crippen LogP contribution >= 0.6 is 23.1 Å². The van der Waals surface area contributed by atoms with Crippen LogP contribution in [-0.2, 0) is 20.7 Å². The van der Waals surface area contributed by atoms with Crippen molar-refractivity contribution in [2.45, 2.75) is 31.3 Å². The van der Waals surface area contributed by atoms with Gasteiger partial charge >= 0.3 is 5.97 Å². The molecule has 7 nitrogen and oxygen atoms in total. The van der Waals surface area contributed by atoms with E-state index < -0.39 is 12.0 Å². The molecule has 9 heteroatoms. The summed E-state index contributed by atoms with van der Waals surface area (Å²) in [5.74, 6) is -0.587. The van der Waals surface area contributed by atoms with Crippen LogP contribution in [0.3, 0.4) is 0 Å². The van der Waals surface area contributed by atoms with E-state index in [4.69, 9.17) is 4.74 Å². The average Bonchev–Trinajstić information content (AvgIpc) is 3.32. The molecule has 160 valence electrons. The monoisotopic (exact) mass is 454 g/mol. The van der Waals surface area contributed by atoms with E-state index in [9.17, 15) is 9.59 Å². The zero-order valence-corrected chi connectivity index (χ0v) is 19.0. The Balaban J connectivity index is 1.47. The van der Waals surface area contributed by atoms with E-state index >= 15 is 0 Å². The molecule has 1 atom stereocenters. The number of benzene rings is 1. The van der Waals surface area contributed by atoms with Gasteiger partial charge in [-0.15, -0.1) is 11.3 Å². The Morgan fingerprint density at radius 2 is 2.06 bits per heavy atom. The SMILES string of the molecule is COC(=O)[C@H](Cc1c[nH]c2ccccc12)NC(=O)CSc1ncnc2sc(C)c(C)c12. The van der Waals surface area contributed by atoms with Crippen LogP contribution in [0.15, 0.2) is 41.8 Å². The minimum Gasteiger partial charge on any atom is -0.467 e. The molecule has 0 aliphatic rings. The normalized spacial score (nSPS) is 12.2. The molecule has 1 aromatic carbocycles. The third-order valence-electron chi connectivity index (χ3n) is 5.19. The van der Waals surface area contributed by atoms with Crippen molar-refractivity contribution in [1.82, 2.24) is 20.3 Å². The van der Waals surface area contributed by atoms with Crippen LogP contribution in [0.2, 0.25) is 0 Å². The van der Waals surface area contributed by atoms with Gasteiger partial charge < -0.3 is 15.0 Å². The number of ether oxygens (including phenoxy) is 1. The van der Waals surface area contributed by atoms with Gasteiger partial charge in [-0.1, -0.05) is 30.0 Å². The molecule has 0 spiro atoms. The number of rotatable bonds is 7. The van der Waals surface area contributed by atoms with Gasteiger partial charge in [-0.2, -0.15) is 0 Å². The quantitative estimate of drug-likeness (QED) is 0.251. The second kappa shape index (κ2) is 9.07. The highest BCUT2D eigenvalue weighted by molar-refractivity contribution is 8.00. The number of para-hydroxylation sites is 1. The lowest BCUT2D eigenvalue weighted by molar-refractivity contribution is -0.144. The predicted molar refractivity (Wildman–Crippen MR) is 124 cm³/mol. The van der Waals surface area contributed by atoms with Gasteiger partial charge in [-0.3, -0.25) is 4.79 Å². The summed E-state index contributed by atoms with van der Waals surface area (Å²) in [6.07, 6.45) is 3.72. The van der Waals surface area contributed by atoms with Gasteiger partial charge in [0.15, 0.2) is 0 Å². The number of H-pyrrole nitrogens is 1. The van der Waals surface area contributed by atoms with E-state index in [1.165, 1.54) is 30.1 Å². The molecule has 0 aliphatic heterocycles. The first-order chi connectivity index (χ1) is 15.0. The molecule has 4 aromatic rings. The molecule has 3 heterocycles. The number of aryl methyl sites for hydroxylation is 2. The second-order valence-electron chi connectivity index (χ2n) is 7.14. The Bertz CT molecular complexity index is 1260. The highest BCUT2D eigenvalue weighted by atomic mass is 32.2. The first kappa shape index (κ1) is 21.3. The Morgan fingerprint density at radius 1 is 1.26 bits per heavy atom. The number of carbonyl (C=O) groups is 2. The molecule has 0 fully saturated rings. The van der Waals surface area contributed by atoms with Gasteiger partial charge in [0.25, 0.3) is 0 Å². The summed E-state index contributed by atoms with van der Waals surface area (Å²) >= 11 is 2.96. The summed E-state index contributed by atoms with van der Waals surface area (Å²) in [6, 6.07) is 7.07. The third kappa shape index (κ3) is 4.42. The molecule has 0 aliphatic carbocycles. The van der Waals surface area contributed by atoms with E-state index in [0.29, 0.717) is 6.42 Å². The zero-order valence-electron chi connectivity index (χ0n) is 17.4. The van der Waals surface area contributed by atoms with Crippen molar-refractivity contribution < 1.29 is 14.3 Å². The molecule has 31 heavy (non-hydrogen) atoms. The van der Waals surface area contributed by atoms with Gasteiger partial charge in [0.2, 0.25) is 5.91 Å². The number of nitrogens with zero attached hydrogens (tertiary/aromatic N) is 2.